The lowest BCUT2D eigenvalue weighted by atomic mass is 9.91. The molecule has 0 saturated heterocycles. The molecule has 26 heavy (non-hydrogen) atoms. The molecule has 4 heteroatoms. The van der Waals surface area contributed by atoms with Gasteiger partial charge in [-0.1, -0.05) is 79.9 Å². The van der Waals surface area contributed by atoms with Gasteiger partial charge in [0.2, 0.25) is 0 Å². The summed E-state index contributed by atoms with van der Waals surface area (Å²) in [6.07, 6.45) is 5.85. The van der Waals surface area contributed by atoms with Crippen LogP contribution in [0.1, 0.15) is 49.1 Å². The largest absolute Gasteiger partial charge is 0.338 e. The fraction of sp³-hybridized carbons (Fsp3) is 0.364. The molecule has 1 fully saturated rings. The average Bonchev–Trinajstić information content (AvgIpc) is 3.16. The molecule has 4 rings (SSSR count). The third kappa shape index (κ3) is 3.64. The van der Waals surface area contributed by atoms with Crippen molar-refractivity contribution >= 4 is 11.7 Å². The zero-order valence-electron chi connectivity index (χ0n) is 15.0. The minimum absolute atomic E-state index is 0.0660. The van der Waals surface area contributed by atoms with Crippen molar-refractivity contribution in [1.29, 1.82) is 0 Å². The van der Waals surface area contributed by atoms with Crippen LogP contribution in [0.15, 0.2) is 65.8 Å². The summed E-state index contributed by atoms with van der Waals surface area (Å²) in [7, 11) is 0. The smallest absolute Gasteiger partial charge is 0.334 e. The fourth-order valence-electron chi connectivity index (χ4n) is 3.94. The lowest BCUT2D eigenvalue weighted by Crippen LogP contribution is -2.43. The number of carbonyl (C=O) groups excluding carboxylic acids is 1. The highest BCUT2D eigenvalue weighted by atomic mass is 16.2. The summed E-state index contributed by atoms with van der Waals surface area (Å²) >= 11 is 0. The lowest BCUT2D eigenvalue weighted by molar-refractivity contribution is 0.196. The second-order valence-electron chi connectivity index (χ2n) is 7.18. The molecule has 134 valence electrons. The van der Waals surface area contributed by atoms with Gasteiger partial charge in [0.15, 0.2) is 0 Å². The predicted octanol–water partition coefficient (Wildman–Crippen LogP) is 4.53. The second-order valence-corrected chi connectivity index (χ2v) is 7.18. The van der Waals surface area contributed by atoms with Gasteiger partial charge in [-0.05, 0) is 24.0 Å². The van der Waals surface area contributed by atoms with Crippen LogP contribution in [0.3, 0.4) is 0 Å². The predicted molar refractivity (Wildman–Crippen MR) is 104 cm³/mol. The van der Waals surface area contributed by atoms with Crippen LogP contribution in [0.4, 0.5) is 4.79 Å². The van der Waals surface area contributed by atoms with Crippen molar-refractivity contribution in [2.75, 3.05) is 6.54 Å². The summed E-state index contributed by atoms with van der Waals surface area (Å²) in [6.45, 7) is 0.590. The molecule has 2 aliphatic rings. The van der Waals surface area contributed by atoms with Crippen LogP contribution in [0.5, 0.6) is 0 Å². The highest BCUT2D eigenvalue weighted by molar-refractivity contribution is 6.07. The van der Waals surface area contributed by atoms with Crippen molar-refractivity contribution in [2.45, 2.75) is 44.1 Å². The van der Waals surface area contributed by atoms with Gasteiger partial charge in [-0.25, -0.2) is 9.80 Å². The molecular weight excluding hydrogens is 322 g/mol. The van der Waals surface area contributed by atoms with Crippen LogP contribution < -0.4 is 5.32 Å². The van der Waals surface area contributed by atoms with Crippen molar-refractivity contribution in [3.63, 3.8) is 0 Å². The van der Waals surface area contributed by atoms with Crippen LogP contribution in [0.2, 0.25) is 0 Å². The number of nitrogens with zero attached hydrogens (tertiary/aromatic N) is 2. The normalized spacial score (nSPS) is 20.7. The van der Waals surface area contributed by atoms with Gasteiger partial charge in [0.25, 0.3) is 0 Å². The zero-order valence-corrected chi connectivity index (χ0v) is 15.0. The first-order valence-corrected chi connectivity index (χ1v) is 9.58. The summed E-state index contributed by atoms with van der Waals surface area (Å²) < 4.78 is 0. The topological polar surface area (TPSA) is 44.7 Å². The van der Waals surface area contributed by atoms with E-state index in [1.54, 1.807) is 5.01 Å². The number of nitrogens with one attached hydrogen (secondary N) is 1. The monoisotopic (exact) mass is 347 g/mol. The van der Waals surface area contributed by atoms with Crippen molar-refractivity contribution in [1.82, 2.24) is 10.3 Å². The molecule has 1 unspecified atom stereocenters. The molecule has 1 aliphatic heterocycles. The van der Waals surface area contributed by atoms with Gasteiger partial charge in [-0.3, -0.25) is 0 Å². The Kier molecular flexibility index (Phi) is 5.00. The van der Waals surface area contributed by atoms with Crippen LogP contribution in [0, 0.1) is 0 Å². The Labute approximate surface area is 154 Å². The molecule has 1 saturated carbocycles. The Morgan fingerprint density at radius 3 is 2.27 bits per heavy atom. The maximum atomic E-state index is 12.8. The van der Waals surface area contributed by atoms with E-state index in [1.807, 2.05) is 36.4 Å². The van der Waals surface area contributed by atoms with E-state index in [0.29, 0.717) is 12.6 Å². The van der Waals surface area contributed by atoms with E-state index in [2.05, 4.69) is 29.6 Å². The van der Waals surface area contributed by atoms with Gasteiger partial charge >= 0.3 is 6.03 Å². The van der Waals surface area contributed by atoms with E-state index in [-0.39, 0.29) is 11.9 Å². The molecule has 2 amide bonds. The second kappa shape index (κ2) is 7.73. The number of amides is 2. The van der Waals surface area contributed by atoms with Crippen molar-refractivity contribution in [3.8, 4) is 0 Å². The molecular formula is C22H25N3O. The van der Waals surface area contributed by atoms with Gasteiger partial charge in [0.1, 0.15) is 0 Å². The van der Waals surface area contributed by atoms with Crippen molar-refractivity contribution in [2.24, 2.45) is 5.10 Å². The lowest BCUT2D eigenvalue weighted by Gasteiger charge is -2.24. The molecule has 1 N–H and O–H groups in total. The Balaban J connectivity index is 1.57. The Morgan fingerprint density at radius 1 is 0.923 bits per heavy atom. The number of urea groups is 1. The molecule has 2 aromatic carbocycles. The van der Waals surface area contributed by atoms with Gasteiger partial charge in [0.05, 0.1) is 12.3 Å². The van der Waals surface area contributed by atoms with E-state index in [0.717, 1.165) is 24.1 Å². The van der Waals surface area contributed by atoms with E-state index in [4.69, 9.17) is 5.10 Å². The highest BCUT2D eigenvalue weighted by Gasteiger charge is 2.32. The summed E-state index contributed by atoms with van der Waals surface area (Å²) in [5.74, 6) is 0.107. The molecule has 0 radical (unpaired) electrons. The number of hydrogen-bond acceptors (Lipinski definition) is 2. The maximum Gasteiger partial charge on any atom is 0.338 e. The van der Waals surface area contributed by atoms with Gasteiger partial charge in [0, 0.05) is 12.0 Å². The molecule has 2 aromatic rings. The van der Waals surface area contributed by atoms with E-state index >= 15 is 0 Å². The van der Waals surface area contributed by atoms with Gasteiger partial charge in [-0.15, -0.1) is 0 Å². The van der Waals surface area contributed by atoms with Gasteiger partial charge in [-0.2, -0.15) is 5.10 Å². The standard InChI is InChI=1S/C22H25N3O/c26-22(23-19-14-8-3-9-15-19)25-16-20(17-10-4-1-5-11-17)21(24-25)18-12-6-2-7-13-18/h1-2,4-7,10-13,19-20H,3,8-9,14-16H2,(H,23,26). The fourth-order valence-corrected chi connectivity index (χ4v) is 3.94. The maximum absolute atomic E-state index is 12.8. The van der Waals surface area contributed by atoms with Crippen LogP contribution >= 0.6 is 0 Å². The number of hydrogen-bond donors (Lipinski definition) is 1. The Bertz CT molecular complexity index is 766. The minimum Gasteiger partial charge on any atom is -0.334 e. The first-order valence-electron chi connectivity index (χ1n) is 9.58. The summed E-state index contributed by atoms with van der Waals surface area (Å²) in [6, 6.07) is 20.7. The number of carbonyl (C=O) groups is 1. The van der Waals surface area contributed by atoms with Crippen molar-refractivity contribution < 1.29 is 4.79 Å². The van der Waals surface area contributed by atoms with Gasteiger partial charge < -0.3 is 5.32 Å². The van der Waals surface area contributed by atoms with Crippen LogP contribution in [-0.2, 0) is 0 Å². The van der Waals surface area contributed by atoms with Crippen LogP contribution in [-0.4, -0.2) is 29.3 Å². The molecule has 4 nitrogen and oxygen atoms in total. The SMILES string of the molecule is O=C(NC1CCCCC1)N1CC(c2ccccc2)C(c2ccccc2)=N1. The van der Waals surface area contributed by atoms with Crippen molar-refractivity contribution in [3.05, 3.63) is 71.8 Å². The first kappa shape index (κ1) is 16.8. The molecule has 1 aliphatic carbocycles. The quantitative estimate of drug-likeness (QED) is 0.871. The molecule has 0 spiro atoms. The molecule has 0 aromatic heterocycles. The molecule has 1 heterocycles. The zero-order chi connectivity index (χ0) is 17.8. The molecule has 1 atom stereocenters. The number of benzene rings is 2. The average molecular weight is 347 g/mol. The highest BCUT2D eigenvalue weighted by Crippen LogP contribution is 2.29. The van der Waals surface area contributed by atoms with E-state index < -0.39 is 0 Å². The number of rotatable bonds is 3. The summed E-state index contributed by atoms with van der Waals surface area (Å²) in [5.41, 5.74) is 3.24. The van der Waals surface area contributed by atoms with E-state index in [1.165, 1.54) is 24.8 Å². The Hall–Kier alpha value is -2.62. The third-order valence-electron chi connectivity index (χ3n) is 5.35. The first-order chi connectivity index (χ1) is 12.8. The summed E-state index contributed by atoms with van der Waals surface area (Å²) in [5, 5.41) is 9.52. The Morgan fingerprint density at radius 2 is 1.58 bits per heavy atom. The van der Waals surface area contributed by atoms with Crippen LogP contribution in [0.25, 0.3) is 0 Å². The third-order valence-corrected chi connectivity index (χ3v) is 5.35. The minimum atomic E-state index is -0.0660. The molecule has 0 bridgehead atoms. The number of hydrazone groups is 1. The summed E-state index contributed by atoms with van der Waals surface area (Å²) in [4.78, 5) is 12.8. The van der Waals surface area contributed by atoms with E-state index in [9.17, 15) is 4.79 Å².